The van der Waals surface area contributed by atoms with Gasteiger partial charge in [-0.1, -0.05) is 6.07 Å². The van der Waals surface area contributed by atoms with Gasteiger partial charge in [-0.15, -0.1) is 11.3 Å². The summed E-state index contributed by atoms with van der Waals surface area (Å²) in [5, 5.41) is 21.2. The zero-order chi connectivity index (χ0) is 21.5. The summed E-state index contributed by atoms with van der Waals surface area (Å²) in [6, 6.07) is 15.3. The maximum Gasteiger partial charge on any atom is 0.207 e. The minimum atomic E-state index is -0.557. The van der Waals surface area contributed by atoms with E-state index in [0.29, 0.717) is 24.9 Å². The van der Waals surface area contributed by atoms with Gasteiger partial charge in [-0.3, -0.25) is 4.79 Å². The molecule has 0 aliphatic rings. The molecule has 4 N–H and O–H groups in total. The number of nitrogens with zero attached hydrogens (tertiary/aromatic N) is 1. The molecular weight excluding hydrogens is 401 g/mol. The second kappa shape index (κ2) is 10.0. The number of halogens is 1. The van der Waals surface area contributed by atoms with Crippen LogP contribution >= 0.6 is 11.3 Å². The number of phenolic OH excluding ortho intramolecular Hbond substituents is 1. The van der Waals surface area contributed by atoms with Gasteiger partial charge in [0.15, 0.2) is 0 Å². The van der Waals surface area contributed by atoms with Crippen molar-refractivity contribution in [1.82, 2.24) is 5.32 Å². The zero-order valence-corrected chi connectivity index (χ0v) is 17.1. The maximum absolute atomic E-state index is 14.2. The summed E-state index contributed by atoms with van der Waals surface area (Å²) in [6.45, 7) is 0.593. The van der Waals surface area contributed by atoms with Gasteiger partial charge in [-0.2, -0.15) is 5.26 Å². The second-order valence-corrected chi connectivity index (χ2v) is 8.12. The molecule has 1 amide bonds. The number of carbonyl (C=O) groups excluding carboxylic acids is 1. The highest BCUT2D eigenvalue weighted by Crippen LogP contribution is 2.40. The first-order valence-electron chi connectivity index (χ1n) is 9.56. The number of hydrogen-bond acceptors (Lipinski definition) is 5. The second-order valence-electron chi connectivity index (χ2n) is 6.99. The van der Waals surface area contributed by atoms with E-state index in [0.717, 1.165) is 33.7 Å². The van der Waals surface area contributed by atoms with Gasteiger partial charge in [0, 0.05) is 27.9 Å². The van der Waals surface area contributed by atoms with Gasteiger partial charge in [0.25, 0.3) is 0 Å². The summed E-state index contributed by atoms with van der Waals surface area (Å²) in [4.78, 5) is 12.3. The molecule has 1 heterocycles. The molecule has 7 heteroatoms. The van der Waals surface area contributed by atoms with Crippen molar-refractivity contribution in [3.63, 3.8) is 0 Å². The van der Waals surface area contributed by atoms with Crippen molar-refractivity contribution in [2.75, 3.05) is 6.54 Å². The molecule has 0 bridgehead atoms. The van der Waals surface area contributed by atoms with E-state index in [1.807, 2.05) is 24.3 Å². The number of aromatic hydroxyl groups is 1. The monoisotopic (exact) mass is 423 g/mol. The van der Waals surface area contributed by atoms with Gasteiger partial charge >= 0.3 is 0 Å². The first-order chi connectivity index (χ1) is 14.5. The van der Waals surface area contributed by atoms with E-state index in [9.17, 15) is 14.3 Å². The van der Waals surface area contributed by atoms with E-state index >= 15 is 0 Å². The van der Waals surface area contributed by atoms with Crippen LogP contribution in [0.15, 0.2) is 48.5 Å². The highest BCUT2D eigenvalue weighted by molar-refractivity contribution is 7.16. The first-order valence-corrected chi connectivity index (χ1v) is 10.4. The van der Waals surface area contributed by atoms with Crippen molar-refractivity contribution in [3.8, 4) is 33.4 Å². The Morgan fingerprint density at radius 3 is 2.60 bits per heavy atom. The fraction of sp³-hybridized carbons (Fsp3) is 0.217. The number of hydrogen-bond donors (Lipinski definition) is 3. The van der Waals surface area contributed by atoms with Crippen molar-refractivity contribution in [1.29, 1.82) is 5.26 Å². The minimum Gasteiger partial charge on any atom is -0.508 e. The molecule has 0 radical (unpaired) electrons. The fourth-order valence-electron chi connectivity index (χ4n) is 3.24. The van der Waals surface area contributed by atoms with E-state index in [2.05, 4.69) is 5.32 Å². The lowest BCUT2D eigenvalue weighted by molar-refractivity contribution is -0.109. The lowest BCUT2D eigenvalue weighted by atomic mass is 10.00. The summed E-state index contributed by atoms with van der Waals surface area (Å²) in [6.07, 6.45) is 2.91. The molecule has 0 spiro atoms. The molecule has 1 atom stereocenters. The summed E-state index contributed by atoms with van der Waals surface area (Å²) in [5.41, 5.74) is 8.73. The van der Waals surface area contributed by atoms with E-state index < -0.39 is 5.82 Å². The molecule has 30 heavy (non-hydrogen) atoms. The first kappa shape index (κ1) is 21.5. The Balaban J connectivity index is 1.92. The van der Waals surface area contributed by atoms with Crippen LogP contribution in [0.2, 0.25) is 0 Å². The largest absolute Gasteiger partial charge is 0.508 e. The van der Waals surface area contributed by atoms with Crippen molar-refractivity contribution in [2.24, 2.45) is 5.73 Å². The highest BCUT2D eigenvalue weighted by atomic mass is 32.1. The maximum atomic E-state index is 14.2. The average Bonchev–Trinajstić information content (AvgIpc) is 3.15. The Morgan fingerprint density at radius 2 is 1.93 bits per heavy atom. The molecule has 5 nitrogen and oxygen atoms in total. The number of benzene rings is 2. The van der Waals surface area contributed by atoms with Crippen molar-refractivity contribution >= 4 is 17.7 Å². The molecule has 2 aromatic carbocycles. The van der Waals surface area contributed by atoms with Crippen LogP contribution in [0.25, 0.3) is 21.6 Å². The SMILES string of the molecule is N#Cc1ccc(-c2cc(CC(N)CCCNC=O)sc2-c2ccc(O)cc2)cc1F. The number of thiophene rings is 1. The molecule has 0 aliphatic carbocycles. The number of amides is 1. The molecule has 3 rings (SSSR count). The van der Waals surface area contributed by atoms with Crippen LogP contribution in [0.5, 0.6) is 5.75 Å². The topological polar surface area (TPSA) is 99.1 Å². The van der Waals surface area contributed by atoms with Gasteiger partial charge in [-0.25, -0.2) is 4.39 Å². The quantitative estimate of drug-likeness (QED) is 0.355. The standard InChI is InChI=1S/C23H22FN3O2S/c24-22-10-16(3-4-17(22)13-25)21-12-20(11-18(26)2-1-9-27-14-28)30-23(21)15-5-7-19(29)8-6-15/h3-8,10,12,14,18,29H,1-2,9,11,26H2,(H,27,28). The highest BCUT2D eigenvalue weighted by Gasteiger charge is 2.16. The number of nitrogens with two attached hydrogens (primary N) is 1. The van der Waals surface area contributed by atoms with Gasteiger partial charge in [0.2, 0.25) is 6.41 Å². The molecule has 0 saturated carbocycles. The number of carbonyl (C=O) groups is 1. The van der Waals surface area contributed by atoms with Crippen LogP contribution in [0.1, 0.15) is 23.3 Å². The molecule has 1 aromatic heterocycles. The fourth-order valence-corrected chi connectivity index (χ4v) is 4.52. The third-order valence-corrected chi connectivity index (χ3v) is 5.96. The summed E-state index contributed by atoms with van der Waals surface area (Å²) in [5.74, 6) is -0.383. The number of nitriles is 1. The third-order valence-electron chi connectivity index (χ3n) is 4.76. The van der Waals surface area contributed by atoms with Crippen molar-refractivity contribution in [3.05, 3.63) is 64.8 Å². The average molecular weight is 424 g/mol. The van der Waals surface area contributed by atoms with E-state index in [1.54, 1.807) is 29.5 Å². The van der Waals surface area contributed by atoms with Gasteiger partial charge in [0.1, 0.15) is 17.6 Å². The Labute approximate surface area is 178 Å². The Bertz CT molecular complexity index is 1060. The Kier molecular flexibility index (Phi) is 7.17. The van der Waals surface area contributed by atoms with Crippen LogP contribution in [-0.2, 0) is 11.2 Å². The Hall–Kier alpha value is -3.21. The van der Waals surface area contributed by atoms with Crippen LogP contribution in [0.3, 0.4) is 0 Å². The lowest BCUT2D eigenvalue weighted by Crippen LogP contribution is -2.24. The normalized spacial score (nSPS) is 11.6. The van der Waals surface area contributed by atoms with Gasteiger partial charge < -0.3 is 16.2 Å². The molecular formula is C23H22FN3O2S. The Morgan fingerprint density at radius 1 is 1.20 bits per heavy atom. The number of phenols is 1. The van der Waals surface area contributed by atoms with Gasteiger partial charge in [0.05, 0.1) is 5.56 Å². The summed E-state index contributed by atoms with van der Waals surface area (Å²) in [7, 11) is 0. The lowest BCUT2D eigenvalue weighted by Gasteiger charge is -2.09. The smallest absolute Gasteiger partial charge is 0.207 e. The van der Waals surface area contributed by atoms with E-state index in [4.69, 9.17) is 11.0 Å². The molecule has 154 valence electrons. The third kappa shape index (κ3) is 5.23. The van der Waals surface area contributed by atoms with Crippen LogP contribution in [0.4, 0.5) is 4.39 Å². The minimum absolute atomic E-state index is 0.00587. The summed E-state index contributed by atoms with van der Waals surface area (Å²) >= 11 is 1.58. The predicted octanol–water partition coefficient (Wildman–Crippen LogP) is 4.19. The number of rotatable bonds is 9. The molecule has 0 aliphatic heterocycles. The zero-order valence-electron chi connectivity index (χ0n) is 16.3. The number of nitrogens with one attached hydrogen (secondary N) is 1. The van der Waals surface area contributed by atoms with E-state index in [1.165, 1.54) is 12.1 Å². The molecule has 1 unspecified atom stereocenters. The summed E-state index contributed by atoms with van der Waals surface area (Å²) < 4.78 is 14.2. The van der Waals surface area contributed by atoms with E-state index in [-0.39, 0.29) is 17.4 Å². The molecule has 3 aromatic rings. The van der Waals surface area contributed by atoms with Gasteiger partial charge in [-0.05, 0) is 72.9 Å². The molecule has 0 saturated heterocycles. The van der Waals surface area contributed by atoms with Crippen molar-refractivity contribution < 1.29 is 14.3 Å². The van der Waals surface area contributed by atoms with Crippen LogP contribution in [0, 0.1) is 17.1 Å². The van der Waals surface area contributed by atoms with Crippen LogP contribution in [-0.4, -0.2) is 24.1 Å². The molecule has 0 fully saturated rings. The van der Waals surface area contributed by atoms with Crippen molar-refractivity contribution in [2.45, 2.75) is 25.3 Å². The van der Waals surface area contributed by atoms with Crippen LogP contribution < -0.4 is 11.1 Å². The predicted molar refractivity (Wildman–Crippen MR) is 117 cm³/mol.